The van der Waals surface area contributed by atoms with Crippen LogP contribution in [0.5, 0.6) is 0 Å². The number of sulfone groups is 1. The summed E-state index contributed by atoms with van der Waals surface area (Å²) in [5.74, 6) is 0.304. The van der Waals surface area contributed by atoms with E-state index in [1.807, 2.05) is 6.92 Å². The molecule has 0 saturated carbocycles. The van der Waals surface area contributed by atoms with Crippen LogP contribution in [0.4, 0.5) is 0 Å². The van der Waals surface area contributed by atoms with Crippen molar-refractivity contribution in [1.29, 1.82) is 0 Å². The lowest BCUT2D eigenvalue weighted by atomic mass is 10.1. The zero-order valence-electron chi connectivity index (χ0n) is 11.9. The number of benzene rings is 1. The highest BCUT2D eigenvalue weighted by molar-refractivity contribution is 7.95. The van der Waals surface area contributed by atoms with Crippen molar-refractivity contribution in [2.75, 3.05) is 0 Å². The first kappa shape index (κ1) is 14.5. The van der Waals surface area contributed by atoms with Gasteiger partial charge in [0.2, 0.25) is 21.4 Å². The molecular weight excluding hydrogens is 304 g/mol. The minimum atomic E-state index is -3.78. The molecule has 1 aromatic carbocycles. The maximum atomic E-state index is 12.7. The second kappa shape index (κ2) is 5.10. The predicted molar refractivity (Wildman–Crippen MR) is 79.7 cm³/mol. The molecule has 6 nitrogen and oxygen atoms in total. The van der Waals surface area contributed by atoms with Crippen LogP contribution in [0.15, 0.2) is 69.0 Å². The minimum absolute atomic E-state index is 0.142. The lowest BCUT2D eigenvalue weighted by molar-refractivity contribution is -0.0203. The molecule has 2 heterocycles. The Morgan fingerprint density at radius 1 is 1.18 bits per heavy atom. The van der Waals surface area contributed by atoms with Gasteiger partial charge in [-0.2, -0.15) is 0 Å². The summed E-state index contributed by atoms with van der Waals surface area (Å²) in [4.78, 5) is 0.149. The van der Waals surface area contributed by atoms with Crippen molar-refractivity contribution in [1.82, 2.24) is 5.32 Å². The van der Waals surface area contributed by atoms with E-state index in [9.17, 15) is 8.42 Å². The number of ether oxygens (including phenoxy) is 1. The van der Waals surface area contributed by atoms with E-state index in [2.05, 4.69) is 5.32 Å². The molecule has 0 saturated heterocycles. The zero-order chi connectivity index (χ0) is 15.8. The van der Waals surface area contributed by atoms with E-state index in [0.717, 1.165) is 0 Å². The number of nitrogens with one attached hydrogen (secondary N) is 1. The molecule has 0 fully saturated rings. The molecule has 1 unspecified atom stereocenters. The van der Waals surface area contributed by atoms with Crippen LogP contribution < -0.4 is 11.1 Å². The largest absolute Gasteiger partial charge is 0.463 e. The highest BCUT2D eigenvalue weighted by Crippen LogP contribution is 2.37. The van der Waals surface area contributed by atoms with Gasteiger partial charge in [0.1, 0.15) is 0 Å². The van der Waals surface area contributed by atoms with Gasteiger partial charge in [0.05, 0.1) is 11.2 Å². The molecule has 22 heavy (non-hydrogen) atoms. The van der Waals surface area contributed by atoms with Crippen molar-refractivity contribution in [2.24, 2.45) is 5.73 Å². The van der Waals surface area contributed by atoms with E-state index < -0.39 is 15.6 Å². The van der Waals surface area contributed by atoms with E-state index >= 15 is 0 Å². The average Bonchev–Trinajstić information content (AvgIpc) is 3.16. The van der Waals surface area contributed by atoms with Crippen LogP contribution in [0.25, 0.3) is 0 Å². The topological polar surface area (TPSA) is 94.6 Å². The molecule has 1 aliphatic rings. The van der Waals surface area contributed by atoms with Gasteiger partial charge < -0.3 is 20.2 Å². The van der Waals surface area contributed by atoms with Crippen LogP contribution in [0, 0.1) is 0 Å². The first-order valence-electron chi connectivity index (χ1n) is 6.81. The summed E-state index contributed by atoms with van der Waals surface area (Å²) < 4.78 is 36.4. The number of furan rings is 1. The normalized spacial score (nSPS) is 21.5. The summed E-state index contributed by atoms with van der Waals surface area (Å²) in [5.41, 5.74) is 4.73. The number of rotatable bonds is 4. The highest BCUT2D eigenvalue weighted by Gasteiger charge is 2.46. The quantitative estimate of drug-likeness (QED) is 0.895. The third kappa shape index (κ3) is 2.14. The maximum absolute atomic E-state index is 12.7. The van der Waals surface area contributed by atoms with Gasteiger partial charge in [0, 0.05) is 6.42 Å². The molecule has 1 atom stereocenters. The van der Waals surface area contributed by atoms with Crippen molar-refractivity contribution in [3.05, 3.63) is 65.4 Å². The molecule has 0 aliphatic carbocycles. The van der Waals surface area contributed by atoms with E-state index in [1.165, 1.54) is 18.4 Å². The fourth-order valence-corrected chi connectivity index (χ4v) is 3.73. The van der Waals surface area contributed by atoms with Crippen LogP contribution in [0.1, 0.15) is 19.1 Å². The second-order valence-electron chi connectivity index (χ2n) is 4.89. The standard InChI is InChI=1S/C15H16N2O4S/c1-2-15(12-9-6-10-20-12)17-14(13(16)21-15)22(18,19)11-7-4-3-5-8-11/h3-10,17H,2,16H2,1H3. The SMILES string of the molecule is CCC1(c2ccco2)NC(S(=O)(=O)c2ccccc2)=C(N)O1. The molecule has 0 radical (unpaired) electrons. The van der Waals surface area contributed by atoms with Gasteiger partial charge >= 0.3 is 0 Å². The first-order chi connectivity index (χ1) is 10.5. The molecule has 1 aromatic heterocycles. The summed E-state index contributed by atoms with van der Waals surface area (Å²) in [5, 5.41) is 2.75. The van der Waals surface area contributed by atoms with Gasteiger partial charge in [-0.15, -0.1) is 0 Å². The first-order valence-corrected chi connectivity index (χ1v) is 8.29. The Morgan fingerprint density at radius 3 is 2.50 bits per heavy atom. The van der Waals surface area contributed by atoms with Crippen molar-refractivity contribution < 1.29 is 17.6 Å². The van der Waals surface area contributed by atoms with Gasteiger partial charge in [0.25, 0.3) is 0 Å². The van der Waals surface area contributed by atoms with Gasteiger partial charge in [-0.1, -0.05) is 25.1 Å². The molecule has 0 spiro atoms. The number of hydrogen-bond acceptors (Lipinski definition) is 6. The fraction of sp³-hybridized carbons (Fsp3) is 0.200. The van der Waals surface area contributed by atoms with E-state index in [4.69, 9.17) is 14.9 Å². The van der Waals surface area contributed by atoms with Crippen molar-refractivity contribution >= 4 is 9.84 Å². The summed E-state index contributed by atoms with van der Waals surface area (Å²) in [7, 11) is -3.78. The van der Waals surface area contributed by atoms with Crippen molar-refractivity contribution in [2.45, 2.75) is 24.0 Å². The van der Waals surface area contributed by atoms with E-state index in [-0.39, 0.29) is 15.8 Å². The Hall–Kier alpha value is -2.41. The smallest absolute Gasteiger partial charge is 0.241 e. The third-order valence-corrected chi connectivity index (χ3v) is 5.30. The molecule has 3 N–H and O–H groups in total. The summed E-state index contributed by atoms with van der Waals surface area (Å²) in [6.45, 7) is 1.85. The Bertz CT molecular complexity index is 797. The van der Waals surface area contributed by atoms with Crippen molar-refractivity contribution in [3.8, 4) is 0 Å². The summed E-state index contributed by atoms with van der Waals surface area (Å²) >= 11 is 0. The zero-order valence-corrected chi connectivity index (χ0v) is 12.8. The lowest BCUT2D eigenvalue weighted by Gasteiger charge is -2.26. The molecule has 7 heteroatoms. The van der Waals surface area contributed by atoms with Gasteiger partial charge in [-0.05, 0) is 24.3 Å². The third-order valence-electron chi connectivity index (χ3n) is 3.56. The van der Waals surface area contributed by atoms with Crippen LogP contribution in [0.3, 0.4) is 0 Å². The lowest BCUT2D eigenvalue weighted by Crippen LogP contribution is -2.39. The fourth-order valence-electron chi connectivity index (χ4n) is 2.38. The molecular formula is C15H16N2O4S. The Balaban J connectivity index is 2.02. The monoisotopic (exact) mass is 320 g/mol. The summed E-state index contributed by atoms with van der Waals surface area (Å²) in [6, 6.07) is 11.5. The molecule has 1 aliphatic heterocycles. The van der Waals surface area contributed by atoms with Crippen LogP contribution in [-0.2, 0) is 20.3 Å². The van der Waals surface area contributed by atoms with Gasteiger partial charge in [0.15, 0.2) is 10.8 Å². The van der Waals surface area contributed by atoms with E-state index in [1.54, 1.807) is 30.3 Å². The summed E-state index contributed by atoms with van der Waals surface area (Å²) in [6.07, 6.45) is 1.94. The van der Waals surface area contributed by atoms with Gasteiger partial charge in [-0.3, -0.25) is 0 Å². The van der Waals surface area contributed by atoms with Crippen LogP contribution in [-0.4, -0.2) is 8.42 Å². The molecule has 3 rings (SSSR count). The van der Waals surface area contributed by atoms with Crippen molar-refractivity contribution in [3.63, 3.8) is 0 Å². The maximum Gasteiger partial charge on any atom is 0.241 e. The number of nitrogens with two attached hydrogens (primary N) is 1. The Morgan fingerprint density at radius 2 is 1.91 bits per heavy atom. The molecule has 2 aromatic rings. The minimum Gasteiger partial charge on any atom is -0.463 e. The molecule has 116 valence electrons. The molecule has 0 bridgehead atoms. The number of hydrogen-bond donors (Lipinski definition) is 2. The van der Waals surface area contributed by atoms with E-state index in [0.29, 0.717) is 12.2 Å². The Labute approximate surface area is 128 Å². The second-order valence-corrected chi connectivity index (χ2v) is 6.78. The molecule has 0 amide bonds. The van der Waals surface area contributed by atoms with Crippen LogP contribution in [0.2, 0.25) is 0 Å². The van der Waals surface area contributed by atoms with Gasteiger partial charge in [-0.25, -0.2) is 8.42 Å². The highest BCUT2D eigenvalue weighted by atomic mass is 32.2. The predicted octanol–water partition coefficient (Wildman–Crippen LogP) is 2.02. The average molecular weight is 320 g/mol. The Kier molecular flexibility index (Phi) is 3.37. The van der Waals surface area contributed by atoms with Crippen LogP contribution >= 0.6 is 0 Å².